The smallest absolute Gasteiger partial charge is 0.123 e. The van der Waals surface area contributed by atoms with Gasteiger partial charge in [-0.3, -0.25) is 0 Å². The second-order valence-corrected chi connectivity index (χ2v) is 6.27. The van der Waals surface area contributed by atoms with E-state index in [1.807, 2.05) is 0 Å². The number of likely N-dealkylation sites (N-methyl/N-ethyl adjacent to an activating group) is 1. The molecule has 0 aliphatic rings. The minimum atomic E-state index is 0.0813. The molecule has 0 bridgehead atoms. The lowest BCUT2D eigenvalue weighted by Crippen LogP contribution is -2.38. The molecule has 1 unspecified atom stereocenters. The maximum absolute atomic E-state index is 6.07. The van der Waals surface area contributed by atoms with E-state index in [0.29, 0.717) is 13.2 Å². The lowest BCUT2D eigenvalue weighted by molar-refractivity contribution is 0.136. The van der Waals surface area contributed by atoms with E-state index in [-0.39, 0.29) is 11.5 Å². The fraction of sp³-hybridized carbons (Fsp3) is 0.647. The van der Waals surface area contributed by atoms with Crippen LogP contribution in [-0.2, 0) is 10.2 Å². The highest BCUT2D eigenvalue weighted by Gasteiger charge is 2.19. The predicted octanol–water partition coefficient (Wildman–Crippen LogP) is 3.30. The van der Waals surface area contributed by atoms with Crippen LogP contribution in [0.25, 0.3) is 0 Å². The van der Waals surface area contributed by atoms with Gasteiger partial charge in [0.05, 0.1) is 12.6 Å². The Balaban J connectivity index is 2.82. The van der Waals surface area contributed by atoms with Crippen LogP contribution in [0.4, 0.5) is 0 Å². The van der Waals surface area contributed by atoms with E-state index < -0.39 is 0 Å². The zero-order valence-corrected chi connectivity index (χ0v) is 13.7. The van der Waals surface area contributed by atoms with Crippen molar-refractivity contribution >= 4 is 0 Å². The van der Waals surface area contributed by atoms with Gasteiger partial charge in [0.1, 0.15) is 12.4 Å². The van der Waals surface area contributed by atoms with Crippen LogP contribution in [0.5, 0.6) is 5.75 Å². The third-order valence-corrected chi connectivity index (χ3v) is 3.25. The number of benzene rings is 1. The van der Waals surface area contributed by atoms with E-state index >= 15 is 0 Å². The van der Waals surface area contributed by atoms with Gasteiger partial charge in [-0.05, 0) is 36.1 Å². The first kappa shape index (κ1) is 17.0. The Hall–Kier alpha value is -1.06. The van der Waals surface area contributed by atoms with Gasteiger partial charge in [0, 0.05) is 7.11 Å². The van der Waals surface area contributed by atoms with Crippen LogP contribution in [0.1, 0.15) is 38.8 Å². The summed E-state index contributed by atoms with van der Waals surface area (Å²) in [5.41, 5.74) is 2.55. The minimum Gasteiger partial charge on any atom is -0.492 e. The van der Waals surface area contributed by atoms with Gasteiger partial charge in [-0.25, -0.2) is 0 Å². The molecule has 0 amide bonds. The Morgan fingerprint density at radius 3 is 2.45 bits per heavy atom. The van der Waals surface area contributed by atoms with E-state index in [4.69, 9.17) is 9.47 Å². The highest BCUT2D eigenvalue weighted by Crippen LogP contribution is 2.32. The van der Waals surface area contributed by atoms with Gasteiger partial charge in [-0.15, -0.1) is 0 Å². The summed E-state index contributed by atoms with van der Waals surface area (Å²) >= 11 is 0. The second-order valence-electron chi connectivity index (χ2n) is 6.27. The number of ether oxygens (including phenoxy) is 2. The number of nitrogens with one attached hydrogen (secondary N) is 1. The van der Waals surface area contributed by atoms with Crippen molar-refractivity contribution in [1.29, 1.82) is 0 Å². The van der Waals surface area contributed by atoms with Crippen LogP contribution in [0.3, 0.4) is 0 Å². The van der Waals surface area contributed by atoms with E-state index in [0.717, 1.165) is 12.3 Å². The Morgan fingerprint density at radius 2 is 1.90 bits per heavy atom. The van der Waals surface area contributed by atoms with E-state index in [2.05, 4.69) is 58.1 Å². The summed E-state index contributed by atoms with van der Waals surface area (Å²) < 4.78 is 11.3. The van der Waals surface area contributed by atoms with E-state index in [1.165, 1.54) is 11.1 Å². The Labute approximate surface area is 123 Å². The van der Waals surface area contributed by atoms with Crippen molar-refractivity contribution in [2.24, 2.45) is 0 Å². The lowest BCUT2D eigenvalue weighted by atomic mass is 9.86. The van der Waals surface area contributed by atoms with Crippen molar-refractivity contribution in [3.8, 4) is 5.75 Å². The monoisotopic (exact) mass is 279 g/mol. The third-order valence-electron chi connectivity index (χ3n) is 3.25. The summed E-state index contributed by atoms with van der Waals surface area (Å²) in [6, 6.07) is 6.66. The molecule has 114 valence electrons. The highest BCUT2D eigenvalue weighted by atomic mass is 16.5. The molecule has 0 spiro atoms. The van der Waals surface area contributed by atoms with Crippen LogP contribution < -0.4 is 10.1 Å². The molecule has 0 aliphatic carbocycles. The van der Waals surface area contributed by atoms with E-state index in [9.17, 15) is 0 Å². The van der Waals surface area contributed by atoms with Crippen molar-refractivity contribution in [2.45, 2.75) is 46.1 Å². The average molecular weight is 279 g/mol. The molecule has 0 radical (unpaired) electrons. The fourth-order valence-corrected chi connectivity index (χ4v) is 2.21. The van der Waals surface area contributed by atoms with Crippen LogP contribution in [-0.4, -0.2) is 32.9 Å². The minimum absolute atomic E-state index is 0.0813. The van der Waals surface area contributed by atoms with Crippen LogP contribution in [0, 0.1) is 6.92 Å². The van der Waals surface area contributed by atoms with Gasteiger partial charge in [0.2, 0.25) is 0 Å². The lowest BCUT2D eigenvalue weighted by Gasteiger charge is -2.25. The SMILES string of the molecule is CCNC(COC)COc1cc(C)ccc1C(C)(C)C. The molecule has 0 fully saturated rings. The van der Waals surface area contributed by atoms with Crippen LogP contribution in [0.15, 0.2) is 18.2 Å². The summed E-state index contributed by atoms with van der Waals surface area (Å²) in [7, 11) is 1.72. The van der Waals surface area contributed by atoms with Gasteiger partial charge in [0.25, 0.3) is 0 Å². The maximum Gasteiger partial charge on any atom is 0.123 e. The maximum atomic E-state index is 6.07. The normalized spacial score (nSPS) is 13.3. The quantitative estimate of drug-likeness (QED) is 0.830. The highest BCUT2D eigenvalue weighted by molar-refractivity contribution is 5.41. The van der Waals surface area contributed by atoms with Crippen molar-refractivity contribution in [3.63, 3.8) is 0 Å². The molecule has 0 saturated carbocycles. The predicted molar refractivity (Wildman–Crippen MR) is 84.7 cm³/mol. The number of aryl methyl sites for hydroxylation is 1. The Morgan fingerprint density at radius 1 is 1.20 bits per heavy atom. The number of methoxy groups -OCH3 is 1. The summed E-state index contributed by atoms with van der Waals surface area (Å²) in [6.07, 6.45) is 0. The van der Waals surface area contributed by atoms with Gasteiger partial charge < -0.3 is 14.8 Å². The number of rotatable bonds is 7. The largest absolute Gasteiger partial charge is 0.492 e. The molecular formula is C17H29NO2. The van der Waals surface area contributed by atoms with Crippen LogP contribution in [0.2, 0.25) is 0 Å². The fourth-order valence-electron chi connectivity index (χ4n) is 2.21. The Bertz CT molecular complexity index is 404. The van der Waals surface area contributed by atoms with Crippen molar-refractivity contribution in [1.82, 2.24) is 5.32 Å². The molecule has 20 heavy (non-hydrogen) atoms. The van der Waals surface area contributed by atoms with Gasteiger partial charge in [-0.1, -0.05) is 39.8 Å². The average Bonchev–Trinajstić information content (AvgIpc) is 2.35. The molecule has 1 aromatic rings. The zero-order chi connectivity index (χ0) is 15.2. The first-order chi connectivity index (χ1) is 9.38. The number of hydrogen-bond acceptors (Lipinski definition) is 3. The summed E-state index contributed by atoms with van der Waals surface area (Å²) in [6.45, 7) is 13.0. The third kappa shape index (κ3) is 5.14. The summed E-state index contributed by atoms with van der Waals surface area (Å²) in [5, 5.41) is 3.38. The molecule has 3 nitrogen and oxygen atoms in total. The molecule has 0 heterocycles. The molecule has 1 N–H and O–H groups in total. The van der Waals surface area contributed by atoms with Gasteiger partial charge in [0.15, 0.2) is 0 Å². The molecule has 1 aromatic carbocycles. The molecule has 0 aromatic heterocycles. The molecule has 1 rings (SSSR count). The second kappa shape index (κ2) is 7.65. The van der Waals surface area contributed by atoms with Crippen molar-refractivity contribution in [3.05, 3.63) is 29.3 Å². The van der Waals surface area contributed by atoms with E-state index in [1.54, 1.807) is 7.11 Å². The standard InChI is InChI=1S/C17H29NO2/c1-7-18-14(11-19-6)12-20-16-10-13(2)8-9-15(16)17(3,4)5/h8-10,14,18H,7,11-12H2,1-6H3. The molecule has 0 aliphatic heterocycles. The summed E-state index contributed by atoms with van der Waals surface area (Å²) in [4.78, 5) is 0. The molecule has 3 heteroatoms. The molecule has 1 atom stereocenters. The molecular weight excluding hydrogens is 250 g/mol. The Kier molecular flexibility index (Phi) is 6.50. The topological polar surface area (TPSA) is 30.5 Å². The van der Waals surface area contributed by atoms with Crippen LogP contribution >= 0.6 is 0 Å². The zero-order valence-electron chi connectivity index (χ0n) is 13.7. The first-order valence-electron chi connectivity index (χ1n) is 7.34. The number of hydrogen-bond donors (Lipinski definition) is 1. The van der Waals surface area contributed by atoms with Gasteiger partial charge in [-0.2, -0.15) is 0 Å². The van der Waals surface area contributed by atoms with Crippen molar-refractivity contribution in [2.75, 3.05) is 26.9 Å². The van der Waals surface area contributed by atoms with Gasteiger partial charge >= 0.3 is 0 Å². The summed E-state index contributed by atoms with van der Waals surface area (Å²) in [5.74, 6) is 0.983. The molecule has 0 saturated heterocycles. The first-order valence-corrected chi connectivity index (χ1v) is 7.34. The van der Waals surface area contributed by atoms with Crippen molar-refractivity contribution < 1.29 is 9.47 Å².